The fraction of sp³-hybridized carbons (Fsp3) is 0.450. The third kappa shape index (κ3) is 3.97. The molecule has 4 rings (SSSR count). The summed E-state index contributed by atoms with van der Waals surface area (Å²) in [5, 5.41) is 9.78. The van der Waals surface area contributed by atoms with Gasteiger partial charge in [-0.1, -0.05) is 12.1 Å². The first-order chi connectivity index (χ1) is 13.0. The van der Waals surface area contributed by atoms with Crippen molar-refractivity contribution >= 4 is 23.2 Å². The summed E-state index contributed by atoms with van der Waals surface area (Å²) in [6, 6.07) is 9.58. The molecule has 0 bridgehead atoms. The molecule has 1 aliphatic carbocycles. The smallest absolute Gasteiger partial charge is 0.273 e. The van der Waals surface area contributed by atoms with Gasteiger partial charge in [-0.2, -0.15) is 0 Å². The zero-order valence-corrected chi connectivity index (χ0v) is 15.6. The van der Waals surface area contributed by atoms with Crippen molar-refractivity contribution in [1.29, 1.82) is 0 Å². The van der Waals surface area contributed by atoms with Gasteiger partial charge in [0.1, 0.15) is 5.76 Å². The monoisotopic (exact) mass is 368 g/mol. The van der Waals surface area contributed by atoms with E-state index in [4.69, 9.17) is 4.52 Å². The van der Waals surface area contributed by atoms with Gasteiger partial charge in [0.15, 0.2) is 5.69 Å². The first kappa shape index (κ1) is 17.6. The number of nitrogens with one attached hydrogen (secondary N) is 2. The van der Waals surface area contributed by atoms with E-state index in [0.717, 1.165) is 43.1 Å². The summed E-state index contributed by atoms with van der Waals surface area (Å²) in [6.07, 6.45) is 2.23. The van der Waals surface area contributed by atoms with Crippen LogP contribution in [0.4, 0.5) is 11.4 Å². The van der Waals surface area contributed by atoms with Gasteiger partial charge < -0.3 is 20.1 Å². The maximum absolute atomic E-state index is 12.5. The fourth-order valence-electron chi connectivity index (χ4n) is 3.52. The number of hydrogen-bond acceptors (Lipinski definition) is 5. The molecule has 7 nitrogen and oxygen atoms in total. The van der Waals surface area contributed by atoms with Gasteiger partial charge in [-0.3, -0.25) is 9.59 Å². The van der Waals surface area contributed by atoms with Gasteiger partial charge >= 0.3 is 0 Å². The number of benzene rings is 1. The van der Waals surface area contributed by atoms with E-state index in [-0.39, 0.29) is 17.9 Å². The van der Waals surface area contributed by atoms with Gasteiger partial charge in [0.25, 0.3) is 5.91 Å². The van der Waals surface area contributed by atoms with E-state index in [2.05, 4.69) is 27.6 Å². The Labute approximate surface area is 158 Å². The van der Waals surface area contributed by atoms with Crippen molar-refractivity contribution < 1.29 is 14.1 Å². The van der Waals surface area contributed by atoms with Crippen LogP contribution in [0.25, 0.3) is 0 Å². The van der Waals surface area contributed by atoms with Crippen LogP contribution in [0.2, 0.25) is 0 Å². The molecule has 2 amide bonds. The Morgan fingerprint density at radius 1 is 1.19 bits per heavy atom. The Morgan fingerprint density at radius 2 is 1.93 bits per heavy atom. The van der Waals surface area contributed by atoms with Crippen molar-refractivity contribution in [2.45, 2.75) is 38.6 Å². The van der Waals surface area contributed by atoms with E-state index in [1.165, 1.54) is 6.92 Å². The molecule has 2 fully saturated rings. The van der Waals surface area contributed by atoms with E-state index in [9.17, 15) is 9.59 Å². The van der Waals surface area contributed by atoms with Crippen LogP contribution in [-0.2, 0) is 4.79 Å². The molecule has 1 saturated heterocycles. The van der Waals surface area contributed by atoms with Crippen molar-refractivity contribution in [2.24, 2.45) is 5.92 Å². The van der Waals surface area contributed by atoms with Crippen LogP contribution in [0.3, 0.4) is 0 Å². The van der Waals surface area contributed by atoms with Crippen LogP contribution in [0.1, 0.15) is 48.9 Å². The molecule has 0 radical (unpaired) electrons. The molecule has 1 saturated carbocycles. The zero-order valence-electron chi connectivity index (χ0n) is 15.6. The maximum atomic E-state index is 12.5. The fourth-order valence-corrected chi connectivity index (χ4v) is 3.52. The van der Waals surface area contributed by atoms with E-state index in [1.807, 2.05) is 24.3 Å². The number of carbonyl (C=O) groups is 2. The van der Waals surface area contributed by atoms with Crippen LogP contribution < -0.4 is 15.5 Å². The molecule has 2 heterocycles. The molecule has 0 spiro atoms. The highest BCUT2D eigenvalue weighted by Crippen LogP contribution is 2.40. The van der Waals surface area contributed by atoms with Crippen LogP contribution in [0.15, 0.2) is 34.9 Å². The Kier molecular flexibility index (Phi) is 4.59. The molecule has 2 aliphatic rings. The first-order valence-corrected chi connectivity index (χ1v) is 9.39. The highest BCUT2D eigenvalue weighted by atomic mass is 16.5. The van der Waals surface area contributed by atoms with Crippen molar-refractivity contribution in [3.63, 3.8) is 0 Å². The van der Waals surface area contributed by atoms with Crippen molar-refractivity contribution in [3.8, 4) is 0 Å². The highest BCUT2D eigenvalue weighted by molar-refractivity contribution is 5.92. The summed E-state index contributed by atoms with van der Waals surface area (Å²) in [7, 11) is 0. The van der Waals surface area contributed by atoms with Crippen LogP contribution in [0, 0.1) is 5.92 Å². The topological polar surface area (TPSA) is 87.5 Å². The van der Waals surface area contributed by atoms with E-state index >= 15 is 0 Å². The molecule has 27 heavy (non-hydrogen) atoms. The lowest BCUT2D eigenvalue weighted by Crippen LogP contribution is -2.40. The van der Waals surface area contributed by atoms with Gasteiger partial charge in [-0.15, -0.1) is 0 Å². The summed E-state index contributed by atoms with van der Waals surface area (Å²) >= 11 is 0. The largest absolute Gasteiger partial charge is 0.369 e. The van der Waals surface area contributed by atoms with Crippen LogP contribution in [0.5, 0.6) is 0 Å². The van der Waals surface area contributed by atoms with Gasteiger partial charge in [0, 0.05) is 43.4 Å². The third-order valence-corrected chi connectivity index (χ3v) is 5.22. The lowest BCUT2D eigenvalue weighted by atomic mass is 10.1. The SMILES string of the molecule is CC(=O)Nc1ccc(N2C[C@@H](C)[C@@H](NC(=O)c3cc(C4CC4)on3)C2)cc1. The number of amides is 2. The number of anilines is 2. The van der Waals surface area contributed by atoms with E-state index < -0.39 is 0 Å². The molecular formula is C20H24N4O3. The second kappa shape index (κ2) is 7.06. The van der Waals surface area contributed by atoms with Gasteiger partial charge in [0.2, 0.25) is 5.91 Å². The second-order valence-corrected chi connectivity index (χ2v) is 7.58. The number of hydrogen-bond donors (Lipinski definition) is 2. The van der Waals surface area contributed by atoms with Crippen LogP contribution in [-0.4, -0.2) is 36.1 Å². The summed E-state index contributed by atoms with van der Waals surface area (Å²) in [5.41, 5.74) is 2.22. The zero-order chi connectivity index (χ0) is 19.0. The number of carbonyl (C=O) groups excluding carboxylic acids is 2. The molecule has 2 aromatic rings. The van der Waals surface area contributed by atoms with E-state index in [0.29, 0.717) is 17.5 Å². The molecular weight excluding hydrogens is 344 g/mol. The minimum atomic E-state index is -0.176. The summed E-state index contributed by atoms with van der Waals surface area (Å²) < 4.78 is 5.28. The number of aromatic nitrogens is 1. The second-order valence-electron chi connectivity index (χ2n) is 7.58. The molecule has 142 valence electrons. The molecule has 7 heteroatoms. The van der Waals surface area contributed by atoms with Crippen LogP contribution >= 0.6 is 0 Å². The van der Waals surface area contributed by atoms with Crippen molar-refractivity contribution in [2.75, 3.05) is 23.3 Å². The van der Waals surface area contributed by atoms with Gasteiger partial charge in [-0.25, -0.2) is 0 Å². The standard InChI is InChI=1S/C20H24N4O3/c1-12-10-24(16-7-5-15(6-8-16)21-13(2)25)11-18(12)22-20(26)17-9-19(27-23-17)14-3-4-14/h5-9,12,14,18H,3-4,10-11H2,1-2H3,(H,21,25)(H,22,26)/t12-,18+/m1/s1. The molecule has 1 aromatic carbocycles. The van der Waals surface area contributed by atoms with E-state index in [1.54, 1.807) is 6.07 Å². The number of nitrogens with zero attached hydrogens (tertiary/aromatic N) is 2. The lowest BCUT2D eigenvalue weighted by Gasteiger charge is -2.19. The molecule has 1 aliphatic heterocycles. The molecule has 2 atom stereocenters. The minimum Gasteiger partial charge on any atom is -0.369 e. The molecule has 1 aromatic heterocycles. The van der Waals surface area contributed by atoms with Crippen molar-refractivity contribution in [1.82, 2.24) is 10.5 Å². The maximum Gasteiger partial charge on any atom is 0.273 e. The molecule has 0 unspecified atom stereocenters. The predicted molar refractivity (Wildman–Crippen MR) is 102 cm³/mol. The van der Waals surface area contributed by atoms with Crippen molar-refractivity contribution in [3.05, 3.63) is 41.8 Å². The normalized spacial score (nSPS) is 21.9. The molecule has 2 N–H and O–H groups in total. The minimum absolute atomic E-state index is 0.0496. The quantitative estimate of drug-likeness (QED) is 0.847. The lowest BCUT2D eigenvalue weighted by molar-refractivity contribution is -0.114. The summed E-state index contributed by atoms with van der Waals surface area (Å²) in [4.78, 5) is 25.9. The highest BCUT2D eigenvalue weighted by Gasteiger charge is 2.33. The van der Waals surface area contributed by atoms with Gasteiger partial charge in [-0.05, 0) is 43.0 Å². The predicted octanol–water partition coefficient (Wildman–Crippen LogP) is 2.77. The Morgan fingerprint density at radius 3 is 2.59 bits per heavy atom. The summed E-state index contributed by atoms with van der Waals surface area (Å²) in [6.45, 7) is 5.22. The Hall–Kier alpha value is -2.83. The number of rotatable bonds is 5. The third-order valence-electron chi connectivity index (χ3n) is 5.22. The summed E-state index contributed by atoms with van der Waals surface area (Å²) in [5.74, 6) is 1.32. The average Bonchev–Trinajstić information content (AvgIpc) is 3.25. The van der Waals surface area contributed by atoms with Gasteiger partial charge in [0.05, 0.1) is 6.04 Å². The average molecular weight is 368 g/mol. The first-order valence-electron chi connectivity index (χ1n) is 9.39. The Balaban J connectivity index is 1.37. The Bertz CT molecular complexity index is 841.